The quantitative estimate of drug-likeness (QED) is 0.693. The average molecular weight is 181 g/mol. The summed E-state index contributed by atoms with van der Waals surface area (Å²) in [5.74, 6) is 0. The van der Waals surface area contributed by atoms with E-state index in [-0.39, 0.29) is 5.56 Å². The Labute approximate surface area is 74.4 Å². The Hall–Kier alpha value is -1.38. The van der Waals surface area contributed by atoms with Gasteiger partial charge in [-0.2, -0.15) is 0 Å². The van der Waals surface area contributed by atoms with Gasteiger partial charge in [-0.15, -0.1) is 0 Å². The van der Waals surface area contributed by atoms with E-state index < -0.39 is 6.43 Å². The molecule has 2 aromatic rings. The SMILES string of the molecule is Cc1cc(C(F)F)c2cc[nH]c2c1. The Balaban J connectivity index is 2.77. The molecule has 0 amide bonds. The molecule has 2 rings (SSSR count). The van der Waals surface area contributed by atoms with Crippen molar-refractivity contribution in [3.05, 3.63) is 35.5 Å². The zero-order valence-corrected chi connectivity index (χ0v) is 7.14. The van der Waals surface area contributed by atoms with Gasteiger partial charge < -0.3 is 4.98 Å². The Morgan fingerprint density at radius 3 is 2.77 bits per heavy atom. The van der Waals surface area contributed by atoms with Crippen molar-refractivity contribution in [2.75, 3.05) is 0 Å². The van der Waals surface area contributed by atoms with Crippen molar-refractivity contribution in [1.29, 1.82) is 0 Å². The van der Waals surface area contributed by atoms with E-state index in [1.807, 2.05) is 13.0 Å². The van der Waals surface area contributed by atoms with E-state index in [2.05, 4.69) is 4.98 Å². The van der Waals surface area contributed by atoms with Crippen molar-refractivity contribution in [2.45, 2.75) is 13.3 Å². The van der Waals surface area contributed by atoms with Gasteiger partial charge in [-0.05, 0) is 30.7 Å². The third kappa shape index (κ3) is 1.30. The predicted molar refractivity (Wildman–Crippen MR) is 48.0 cm³/mol. The highest BCUT2D eigenvalue weighted by atomic mass is 19.3. The Morgan fingerprint density at radius 1 is 1.31 bits per heavy atom. The number of halogens is 2. The van der Waals surface area contributed by atoms with Crippen LogP contribution in [-0.2, 0) is 0 Å². The number of nitrogens with one attached hydrogen (secondary N) is 1. The molecule has 0 aliphatic heterocycles. The molecule has 0 aliphatic carbocycles. The first-order valence-corrected chi connectivity index (χ1v) is 4.04. The molecule has 0 radical (unpaired) electrons. The molecule has 0 bridgehead atoms. The molecule has 1 heterocycles. The summed E-state index contributed by atoms with van der Waals surface area (Å²) in [5, 5.41) is 0.612. The second kappa shape index (κ2) is 2.83. The molecule has 3 heteroatoms. The number of H-pyrrole nitrogens is 1. The van der Waals surface area contributed by atoms with E-state index in [1.165, 1.54) is 6.07 Å². The van der Waals surface area contributed by atoms with Crippen LogP contribution in [0.15, 0.2) is 24.4 Å². The van der Waals surface area contributed by atoms with Gasteiger partial charge in [-0.3, -0.25) is 0 Å². The molecule has 0 atom stereocenters. The second-order valence-corrected chi connectivity index (χ2v) is 3.09. The first-order chi connectivity index (χ1) is 6.18. The number of aryl methyl sites for hydroxylation is 1. The van der Waals surface area contributed by atoms with Gasteiger partial charge in [0.2, 0.25) is 0 Å². The summed E-state index contributed by atoms with van der Waals surface area (Å²) in [6.07, 6.45) is -0.728. The maximum absolute atomic E-state index is 12.5. The number of hydrogen-bond acceptors (Lipinski definition) is 0. The molecule has 0 saturated carbocycles. The topological polar surface area (TPSA) is 15.8 Å². The molecule has 1 N–H and O–H groups in total. The van der Waals surface area contributed by atoms with E-state index in [1.54, 1.807) is 12.3 Å². The normalized spacial score (nSPS) is 11.4. The minimum Gasteiger partial charge on any atom is -0.361 e. The molecule has 1 aromatic heterocycles. The average Bonchev–Trinajstić information content (AvgIpc) is 2.49. The van der Waals surface area contributed by atoms with Gasteiger partial charge in [0.15, 0.2) is 0 Å². The molecule has 13 heavy (non-hydrogen) atoms. The Bertz CT molecular complexity index is 431. The summed E-state index contributed by atoms with van der Waals surface area (Å²) >= 11 is 0. The summed E-state index contributed by atoms with van der Waals surface area (Å²) in [5.41, 5.74) is 1.73. The zero-order chi connectivity index (χ0) is 9.42. The molecule has 1 aromatic carbocycles. The number of fused-ring (bicyclic) bond motifs is 1. The number of benzene rings is 1. The summed E-state index contributed by atoms with van der Waals surface area (Å²) < 4.78 is 25.1. The van der Waals surface area contributed by atoms with Crippen LogP contribution >= 0.6 is 0 Å². The summed E-state index contributed by atoms with van der Waals surface area (Å²) in [6, 6.07) is 5.07. The van der Waals surface area contributed by atoms with E-state index in [0.717, 1.165) is 11.1 Å². The lowest BCUT2D eigenvalue weighted by molar-refractivity contribution is 0.153. The van der Waals surface area contributed by atoms with Crippen LogP contribution < -0.4 is 0 Å². The van der Waals surface area contributed by atoms with Crippen LogP contribution in [0, 0.1) is 6.92 Å². The molecular weight excluding hydrogens is 172 g/mol. The second-order valence-electron chi connectivity index (χ2n) is 3.09. The van der Waals surface area contributed by atoms with Crippen molar-refractivity contribution < 1.29 is 8.78 Å². The molecule has 1 nitrogen and oxygen atoms in total. The number of hydrogen-bond donors (Lipinski definition) is 1. The Kier molecular flexibility index (Phi) is 1.79. The maximum Gasteiger partial charge on any atom is 0.264 e. The first-order valence-electron chi connectivity index (χ1n) is 4.04. The van der Waals surface area contributed by atoms with E-state index in [4.69, 9.17) is 0 Å². The van der Waals surface area contributed by atoms with E-state index in [9.17, 15) is 8.78 Å². The van der Waals surface area contributed by atoms with E-state index >= 15 is 0 Å². The highest BCUT2D eigenvalue weighted by Crippen LogP contribution is 2.28. The van der Waals surface area contributed by atoms with Crippen molar-refractivity contribution in [2.24, 2.45) is 0 Å². The minimum absolute atomic E-state index is 0.108. The molecule has 0 aliphatic rings. The van der Waals surface area contributed by atoms with Crippen LogP contribution in [0.5, 0.6) is 0 Å². The monoisotopic (exact) mass is 181 g/mol. The van der Waals surface area contributed by atoms with Crippen LogP contribution in [0.2, 0.25) is 0 Å². The highest BCUT2D eigenvalue weighted by molar-refractivity contribution is 5.83. The predicted octanol–water partition coefficient (Wildman–Crippen LogP) is 3.41. The van der Waals surface area contributed by atoms with E-state index in [0.29, 0.717) is 5.39 Å². The van der Waals surface area contributed by atoms with Crippen molar-refractivity contribution in [3.8, 4) is 0 Å². The lowest BCUT2D eigenvalue weighted by Gasteiger charge is -2.03. The van der Waals surface area contributed by atoms with Crippen molar-refractivity contribution in [3.63, 3.8) is 0 Å². The van der Waals surface area contributed by atoms with Gasteiger partial charge in [-0.25, -0.2) is 8.78 Å². The maximum atomic E-state index is 12.5. The number of aromatic amines is 1. The molecule has 0 unspecified atom stereocenters. The molecule has 0 spiro atoms. The van der Waals surface area contributed by atoms with Gasteiger partial charge >= 0.3 is 0 Å². The van der Waals surface area contributed by atoms with Gasteiger partial charge in [-0.1, -0.05) is 0 Å². The molecular formula is C10H9F2N. The fraction of sp³-hybridized carbons (Fsp3) is 0.200. The van der Waals surface area contributed by atoms with Crippen LogP contribution in [0.25, 0.3) is 10.9 Å². The van der Waals surface area contributed by atoms with Gasteiger partial charge in [0.1, 0.15) is 0 Å². The lowest BCUT2D eigenvalue weighted by atomic mass is 10.1. The standard InChI is InChI=1S/C10H9F2N/c1-6-4-8(10(11)12)7-2-3-13-9(7)5-6/h2-5,10,13H,1H3. The minimum atomic E-state index is -2.40. The van der Waals surface area contributed by atoms with Crippen LogP contribution in [-0.4, -0.2) is 4.98 Å². The number of rotatable bonds is 1. The summed E-state index contributed by atoms with van der Waals surface area (Å²) in [7, 11) is 0. The third-order valence-electron chi connectivity index (χ3n) is 2.08. The Morgan fingerprint density at radius 2 is 2.08 bits per heavy atom. The summed E-state index contributed by atoms with van der Waals surface area (Å²) in [6.45, 7) is 1.81. The fourth-order valence-electron chi connectivity index (χ4n) is 1.53. The van der Waals surface area contributed by atoms with Crippen LogP contribution in [0.3, 0.4) is 0 Å². The third-order valence-corrected chi connectivity index (χ3v) is 2.08. The van der Waals surface area contributed by atoms with Crippen LogP contribution in [0.1, 0.15) is 17.6 Å². The fourth-order valence-corrected chi connectivity index (χ4v) is 1.53. The van der Waals surface area contributed by atoms with Crippen molar-refractivity contribution in [1.82, 2.24) is 4.98 Å². The molecule has 0 saturated heterocycles. The van der Waals surface area contributed by atoms with Gasteiger partial charge in [0, 0.05) is 22.7 Å². The number of alkyl halides is 2. The zero-order valence-electron chi connectivity index (χ0n) is 7.14. The lowest BCUT2D eigenvalue weighted by Crippen LogP contribution is -1.86. The smallest absolute Gasteiger partial charge is 0.264 e. The van der Waals surface area contributed by atoms with Crippen molar-refractivity contribution >= 4 is 10.9 Å². The largest absolute Gasteiger partial charge is 0.361 e. The molecule has 68 valence electrons. The first kappa shape index (κ1) is 8.23. The van der Waals surface area contributed by atoms with Gasteiger partial charge in [0.25, 0.3) is 6.43 Å². The van der Waals surface area contributed by atoms with Gasteiger partial charge in [0.05, 0.1) is 0 Å². The highest BCUT2D eigenvalue weighted by Gasteiger charge is 2.12. The summed E-state index contributed by atoms with van der Waals surface area (Å²) in [4.78, 5) is 2.92. The van der Waals surface area contributed by atoms with Crippen LogP contribution in [0.4, 0.5) is 8.78 Å². The molecule has 0 fully saturated rings. The number of aromatic nitrogens is 1.